The van der Waals surface area contributed by atoms with Crippen LogP contribution < -0.4 is 5.32 Å². The summed E-state index contributed by atoms with van der Waals surface area (Å²) < 4.78 is 0. The first-order valence-electron chi connectivity index (χ1n) is 9.47. The number of hydrogen-bond donors (Lipinski definition) is 1. The molecule has 1 unspecified atom stereocenters. The maximum atomic E-state index is 13.1. The average molecular weight is 378 g/mol. The Labute approximate surface area is 163 Å². The van der Waals surface area contributed by atoms with Crippen molar-refractivity contribution in [3.63, 3.8) is 0 Å². The minimum absolute atomic E-state index is 0.0322. The Bertz CT molecular complexity index is 866. The maximum absolute atomic E-state index is 13.1. The molecule has 1 atom stereocenters. The van der Waals surface area contributed by atoms with Gasteiger partial charge in [-0.2, -0.15) is 0 Å². The largest absolute Gasteiger partial charge is 0.329 e. The first kappa shape index (κ1) is 18.3. The highest BCUT2D eigenvalue weighted by Gasteiger charge is 2.30. The molecule has 1 N–H and O–H groups in total. The van der Waals surface area contributed by atoms with Gasteiger partial charge in [0.05, 0.1) is 12.6 Å². The van der Waals surface area contributed by atoms with Crippen LogP contribution >= 0.6 is 0 Å². The molecule has 3 heterocycles. The number of rotatable bonds is 4. The van der Waals surface area contributed by atoms with Crippen LogP contribution in [0.3, 0.4) is 0 Å². The highest BCUT2D eigenvalue weighted by molar-refractivity contribution is 6.01. The minimum atomic E-state index is -0.134. The molecule has 7 nitrogen and oxygen atoms in total. The SMILES string of the molecule is O=C1CCC(=O)N1Cc1ccc(C(=O)N2CCNCC2c2cccnc2)cc1. The van der Waals surface area contributed by atoms with E-state index in [2.05, 4.69) is 10.3 Å². The van der Waals surface area contributed by atoms with E-state index in [1.165, 1.54) is 4.90 Å². The fourth-order valence-electron chi connectivity index (χ4n) is 3.72. The van der Waals surface area contributed by atoms with Crippen molar-refractivity contribution >= 4 is 17.7 Å². The molecule has 0 aliphatic carbocycles. The molecule has 0 saturated carbocycles. The van der Waals surface area contributed by atoms with E-state index in [0.717, 1.165) is 17.7 Å². The number of pyridine rings is 1. The molecule has 144 valence electrons. The molecular weight excluding hydrogens is 356 g/mol. The van der Waals surface area contributed by atoms with E-state index in [1.54, 1.807) is 24.5 Å². The van der Waals surface area contributed by atoms with Gasteiger partial charge in [0.2, 0.25) is 11.8 Å². The predicted molar refractivity (Wildman–Crippen MR) is 102 cm³/mol. The molecule has 2 fully saturated rings. The van der Waals surface area contributed by atoms with E-state index in [-0.39, 0.29) is 43.1 Å². The lowest BCUT2D eigenvalue weighted by molar-refractivity contribution is -0.139. The van der Waals surface area contributed by atoms with Gasteiger partial charge in [0, 0.05) is 50.4 Å². The van der Waals surface area contributed by atoms with Crippen molar-refractivity contribution < 1.29 is 14.4 Å². The molecule has 7 heteroatoms. The number of nitrogens with one attached hydrogen (secondary N) is 1. The second-order valence-electron chi connectivity index (χ2n) is 7.08. The normalized spacial score (nSPS) is 19.9. The first-order valence-corrected chi connectivity index (χ1v) is 9.47. The standard InChI is InChI=1S/C21H22N4O3/c26-19-7-8-20(27)25(19)14-15-3-5-16(6-4-15)21(28)24-11-10-23-13-18(24)17-2-1-9-22-12-17/h1-6,9,12,18,23H,7-8,10-11,13-14H2. The Hall–Kier alpha value is -3.06. The van der Waals surface area contributed by atoms with E-state index >= 15 is 0 Å². The van der Waals surface area contributed by atoms with Crippen LogP contribution in [-0.4, -0.2) is 52.1 Å². The smallest absolute Gasteiger partial charge is 0.254 e. The van der Waals surface area contributed by atoms with E-state index in [4.69, 9.17) is 0 Å². The fraction of sp³-hybridized carbons (Fsp3) is 0.333. The Morgan fingerprint density at radius 2 is 1.86 bits per heavy atom. The summed E-state index contributed by atoms with van der Waals surface area (Å²) in [6.07, 6.45) is 4.09. The number of nitrogens with zero attached hydrogens (tertiary/aromatic N) is 3. The summed E-state index contributed by atoms with van der Waals surface area (Å²) in [4.78, 5) is 44.0. The number of benzene rings is 1. The van der Waals surface area contributed by atoms with Gasteiger partial charge in [0.15, 0.2) is 0 Å². The van der Waals surface area contributed by atoms with Crippen molar-refractivity contribution in [1.29, 1.82) is 0 Å². The van der Waals surface area contributed by atoms with Crippen LogP contribution in [0.15, 0.2) is 48.8 Å². The molecule has 1 aromatic carbocycles. The van der Waals surface area contributed by atoms with Gasteiger partial charge in [0.25, 0.3) is 5.91 Å². The molecule has 0 bridgehead atoms. The van der Waals surface area contributed by atoms with Crippen LogP contribution in [0.5, 0.6) is 0 Å². The summed E-state index contributed by atoms with van der Waals surface area (Å²) in [5.74, 6) is -0.300. The third-order valence-corrected chi connectivity index (χ3v) is 5.27. The van der Waals surface area contributed by atoms with Crippen LogP contribution in [-0.2, 0) is 16.1 Å². The van der Waals surface area contributed by atoms with Crippen LogP contribution in [0.1, 0.15) is 40.4 Å². The highest BCUT2D eigenvalue weighted by atomic mass is 16.2. The summed E-state index contributed by atoms with van der Waals surface area (Å²) in [6, 6.07) is 11.0. The summed E-state index contributed by atoms with van der Waals surface area (Å²) in [5, 5.41) is 3.34. The monoisotopic (exact) mass is 378 g/mol. The highest BCUT2D eigenvalue weighted by Crippen LogP contribution is 2.24. The number of hydrogen-bond acceptors (Lipinski definition) is 5. The zero-order valence-corrected chi connectivity index (χ0v) is 15.5. The fourth-order valence-corrected chi connectivity index (χ4v) is 3.72. The first-order chi connectivity index (χ1) is 13.6. The lowest BCUT2D eigenvalue weighted by Gasteiger charge is -2.36. The van der Waals surface area contributed by atoms with Gasteiger partial charge in [-0.1, -0.05) is 18.2 Å². The summed E-state index contributed by atoms with van der Waals surface area (Å²) in [6.45, 7) is 2.32. The van der Waals surface area contributed by atoms with Crippen molar-refractivity contribution in [2.24, 2.45) is 0 Å². The number of carbonyl (C=O) groups excluding carboxylic acids is 3. The second kappa shape index (κ2) is 7.90. The van der Waals surface area contributed by atoms with Crippen LogP contribution in [0, 0.1) is 0 Å². The molecule has 2 aromatic rings. The van der Waals surface area contributed by atoms with Gasteiger partial charge < -0.3 is 10.2 Å². The molecule has 2 saturated heterocycles. The Morgan fingerprint density at radius 1 is 1.11 bits per heavy atom. The number of likely N-dealkylation sites (tertiary alicyclic amines) is 1. The second-order valence-corrected chi connectivity index (χ2v) is 7.08. The van der Waals surface area contributed by atoms with Crippen LogP contribution in [0.4, 0.5) is 0 Å². The molecule has 28 heavy (non-hydrogen) atoms. The summed E-state index contributed by atoms with van der Waals surface area (Å²) in [7, 11) is 0. The van der Waals surface area contributed by atoms with E-state index in [9.17, 15) is 14.4 Å². The Morgan fingerprint density at radius 3 is 2.54 bits per heavy atom. The Balaban J connectivity index is 1.49. The molecule has 3 amide bonds. The molecule has 2 aliphatic rings. The number of amides is 3. The third kappa shape index (κ3) is 3.66. The predicted octanol–water partition coefficient (Wildman–Crippen LogP) is 1.52. The van der Waals surface area contributed by atoms with E-state index < -0.39 is 0 Å². The van der Waals surface area contributed by atoms with E-state index in [0.29, 0.717) is 18.7 Å². The van der Waals surface area contributed by atoms with Gasteiger partial charge in [-0.05, 0) is 29.3 Å². The number of imide groups is 1. The molecule has 0 spiro atoms. The van der Waals surface area contributed by atoms with Crippen molar-refractivity contribution in [2.45, 2.75) is 25.4 Å². The van der Waals surface area contributed by atoms with Crippen molar-refractivity contribution in [2.75, 3.05) is 19.6 Å². The zero-order chi connectivity index (χ0) is 19.5. The lowest BCUT2D eigenvalue weighted by atomic mass is 10.0. The molecular formula is C21H22N4O3. The van der Waals surface area contributed by atoms with Crippen LogP contribution in [0.25, 0.3) is 0 Å². The topological polar surface area (TPSA) is 82.6 Å². The molecule has 2 aliphatic heterocycles. The van der Waals surface area contributed by atoms with Gasteiger partial charge in [0.1, 0.15) is 0 Å². The lowest BCUT2D eigenvalue weighted by Crippen LogP contribution is -2.48. The minimum Gasteiger partial charge on any atom is -0.329 e. The maximum Gasteiger partial charge on any atom is 0.254 e. The van der Waals surface area contributed by atoms with Gasteiger partial charge >= 0.3 is 0 Å². The van der Waals surface area contributed by atoms with Crippen molar-refractivity contribution in [3.8, 4) is 0 Å². The van der Waals surface area contributed by atoms with Crippen molar-refractivity contribution in [3.05, 3.63) is 65.5 Å². The van der Waals surface area contributed by atoms with Crippen LogP contribution in [0.2, 0.25) is 0 Å². The number of aromatic nitrogens is 1. The van der Waals surface area contributed by atoms with Gasteiger partial charge in [-0.15, -0.1) is 0 Å². The Kier molecular flexibility index (Phi) is 5.16. The number of carbonyl (C=O) groups is 3. The molecule has 4 rings (SSSR count). The quantitative estimate of drug-likeness (QED) is 0.816. The average Bonchev–Trinajstić information content (AvgIpc) is 3.06. The zero-order valence-electron chi connectivity index (χ0n) is 15.5. The molecule has 1 aromatic heterocycles. The third-order valence-electron chi connectivity index (χ3n) is 5.27. The van der Waals surface area contributed by atoms with Crippen molar-refractivity contribution in [1.82, 2.24) is 20.1 Å². The molecule has 0 radical (unpaired) electrons. The number of piperazine rings is 1. The van der Waals surface area contributed by atoms with Gasteiger partial charge in [-0.3, -0.25) is 24.3 Å². The summed E-state index contributed by atoms with van der Waals surface area (Å²) in [5.41, 5.74) is 2.44. The van der Waals surface area contributed by atoms with Gasteiger partial charge in [-0.25, -0.2) is 0 Å². The van der Waals surface area contributed by atoms with E-state index in [1.807, 2.05) is 29.2 Å². The summed E-state index contributed by atoms with van der Waals surface area (Å²) >= 11 is 0.